The Morgan fingerprint density at radius 3 is 2.29 bits per heavy atom. The van der Waals surface area contributed by atoms with Crippen molar-refractivity contribution in [1.82, 2.24) is 4.90 Å². The molecule has 5 heteroatoms. The zero-order valence-electron chi connectivity index (χ0n) is 17.2. The quantitative estimate of drug-likeness (QED) is 0.799. The van der Waals surface area contributed by atoms with Crippen LogP contribution in [0.15, 0.2) is 24.3 Å². The Bertz CT molecular complexity index is 935. The Hall–Kier alpha value is -2.69. The fourth-order valence-electron chi connectivity index (χ4n) is 4.66. The average Bonchev–Trinajstić information content (AvgIpc) is 2.71. The number of hydrogen-bond donors (Lipinski definition) is 0. The first-order chi connectivity index (χ1) is 13.5. The second-order valence-electron chi connectivity index (χ2n) is 7.74. The van der Waals surface area contributed by atoms with Gasteiger partial charge in [-0.15, -0.1) is 0 Å². The van der Waals surface area contributed by atoms with E-state index in [1.54, 1.807) is 21.3 Å². The molecule has 148 valence electrons. The van der Waals surface area contributed by atoms with Gasteiger partial charge < -0.3 is 19.1 Å². The lowest BCUT2D eigenvalue weighted by molar-refractivity contribution is 0.0628. The van der Waals surface area contributed by atoms with E-state index in [1.165, 1.54) is 5.56 Å². The summed E-state index contributed by atoms with van der Waals surface area (Å²) in [6, 6.07) is 8.16. The largest absolute Gasteiger partial charge is 0.496 e. The maximum Gasteiger partial charge on any atom is 0.255 e. The van der Waals surface area contributed by atoms with E-state index in [2.05, 4.69) is 19.9 Å². The summed E-state index contributed by atoms with van der Waals surface area (Å²) in [6.45, 7) is 4.93. The fraction of sp³-hybridized carbons (Fsp3) is 0.435. The van der Waals surface area contributed by atoms with Gasteiger partial charge >= 0.3 is 0 Å². The van der Waals surface area contributed by atoms with E-state index in [1.807, 2.05) is 23.1 Å². The monoisotopic (exact) mass is 381 g/mol. The lowest BCUT2D eigenvalue weighted by Gasteiger charge is -2.42. The van der Waals surface area contributed by atoms with E-state index >= 15 is 0 Å². The molecule has 0 fully saturated rings. The molecule has 4 rings (SSSR count). The van der Waals surface area contributed by atoms with Gasteiger partial charge in [0.25, 0.3) is 5.91 Å². The molecule has 0 aromatic heterocycles. The lowest BCUT2D eigenvalue weighted by atomic mass is 9.80. The van der Waals surface area contributed by atoms with Crippen LogP contribution >= 0.6 is 0 Å². The molecule has 1 atom stereocenters. The van der Waals surface area contributed by atoms with Crippen LogP contribution in [0.25, 0.3) is 0 Å². The van der Waals surface area contributed by atoms with Crippen LogP contribution in [0, 0.1) is 0 Å². The Labute approximate surface area is 166 Å². The molecule has 5 nitrogen and oxygen atoms in total. The van der Waals surface area contributed by atoms with E-state index < -0.39 is 0 Å². The van der Waals surface area contributed by atoms with Gasteiger partial charge in [-0.3, -0.25) is 4.79 Å². The Morgan fingerprint density at radius 1 is 0.964 bits per heavy atom. The van der Waals surface area contributed by atoms with Crippen molar-refractivity contribution in [2.75, 3.05) is 27.9 Å². The molecule has 0 N–H and O–H groups in total. The van der Waals surface area contributed by atoms with Crippen molar-refractivity contribution in [2.24, 2.45) is 0 Å². The van der Waals surface area contributed by atoms with Crippen molar-refractivity contribution in [3.05, 3.63) is 52.1 Å². The second kappa shape index (κ2) is 7.04. The molecule has 0 spiro atoms. The molecule has 0 saturated carbocycles. The van der Waals surface area contributed by atoms with E-state index in [4.69, 9.17) is 14.2 Å². The van der Waals surface area contributed by atoms with E-state index in [0.717, 1.165) is 46.6 Å². The molecular formula is C23H27NO4. The number of nitrogens with zero attached hydrogens (tertiary/aromatic N) is 1. The Balaban J connectivity index is 1.84. The van der Waals surface area contributed by atoms with Gasteiger partial charge in [0, 0.05) is 17.7 Å². The van der Waals surface area contributed by atoms with E-state index in [0.29, 0.717) is 12.3 Å². The molecule has 1 amide bonds. The minimum absolute atomic E-state index is 0.0250. The van der Waals surface area contributed by atoms with Crippen LogP contribution in [-0.4, -0.2) is 38.7 Å². The zero-order valence-corrected chi connectivity index (χ0v) is 17.2. The van der Waals surface area contributed by atoms with Crippen LogP contribution in [-0.2, 0) is 12.8 Å². The summed E-state index contributed by atoms with van der Waals surface area (Å²) in [7, 11) is 4.97. The van der Waals surface area contributed by atoms with Gasteiger partial charge in [-0.1, -0.05) is 19.9 Å². The van der Waals surface area contributed by atoms with E-state index in [9.17, 15) is 4.79 Å². The van der Waals surface area contributed by atoms with Crippen molar-refractivity contribution in [3.8, 4) is 17.2 Å². The average molecular weight is 381 g/mol. The van der Waals surface area contributed by atoms with Crippen LogP contribution in [0.4, 0.5) is 0 Å². The third-order valence-electron chi connectivity index (χ3n) is 5.98. The summed E-state index contributed by atoms with van der Waals surface area (Å²) in [5, 5.41) is 0. The number of hydrogen-bond acceptors (Lipinski definition) is 4. The van der Waals surface area contributed by atoms with Crippen molar-refractivity contribution in [2.45, 2.75) is 38.6 Å². The van der Waals surface area contributed by atoms with Crippen LogP contribution in [0.3, 0.4) is 0 Å². The van der Waals surface area contributed by atoms with Gasteiger partial charge in [0.1, 0.15) is 5.75 Å². The number of ether oxygens (including phenoxy) is 3. The van der Waals surface area contributed by atoms with Gasteiger partial charge in [-0.25, -0.2) is 0 Å². The predicted octanol–water partition coefficient (Wildman–Crippen LogP) is 4.13. The molecule has 2 aromatic carbocycles. The number of carbonyl (C=O) groups excluding carboxylic acids is 1. The molecule has 0 saturated heterocycles. The molecule has 0 radical (unpaired) electrons. The lowest BCUT2D eigenvalue weighted by Crippen LogP contribution is -2.45. The van der Waals surface area contributed by atoms with Crippen molar-refractivity contribution in [1.29, 1.82) is 0 Å². The molecule has 2 heterocycles. The summed E-state index contributed by atoms with van der Waals surface area (Å²) >= 11 is 0. The predicted molar refractivity (Wildman–Crippen MR) is 108 cm³/mol. The highest BCUT2D eigenvalue weighted by Crippen LogP contribution is 2.45. The highest BCUT2D eigenvalue weighted by molar-refractivity contribution is 5.99. The number of carbonyl (C=O) groups is 1. The first-order valence-electron chi connectivity index (χ1n) is 9.75. The number of benzene rings is 2. The summed E-state index contributed by atoms with van der Waals surface area (Å²) in [6.07, 6.45) is 1.61. The zero-order chi connectivity index (χ0) is 20.0. The SMILES string of the molecule is COc1cc2c(cc1OC)C1Cc3ccc(OC)c(C(C)C)c3C(=O)N1CC2. The highest BCUT2D eigenvalue weighted by Gasteiger charge is 2.39. The van der Waals surface area contributed by atoms with Crippen LogP contribution in [0.1, 0.15) is 58.4 Å². The van der Waals surface area contributed by atoms with Crippen molar-refractivity contribution < 1.29 is 19.0 Å². The summed E-state index contributed by atoms with van der Waals surface area (Å²) in [5.41, 5.74) is 5.33. The smallest absolute Gasteiger partial charge is 0.255 e. The van der Waals surface area contributed by atoms with Gasteiger partial charge in [0.2, 0.25) is 0 Å². The third-order valence-corrected chi connectivity index (χ3v) is 5.98. The number of amides is 1. The van der Waals surface area contributed by atoms with Crippen molar-refractivity contribution >= 4 is 5.91 Å². The molecule has 28 heavy (non-hydrogen) atoms. The minimum Gasteiger partial charge on any atom is -0.496 e. The van der Waals surface area contributed by atoms with Gasteiger partial charge in [-0.05, 0) is 53.6 Å². The Morgan fingerprint density at radius 2 is 1.64 bits per heavy atom. The van der Waals surface area contributed by atoms with Gasteiger partial charge in [-0.2, -0.15) is 0 Å². The number of methoxy groups -OCH3 is 3. The van der Waals surface area contributed by atoms with Gasteiger partial charge in [0.15, 0.2) is 11.5 Å². The Kier molecular flexibility index (Phi) is 4.69. The van der Waals surface area contributed by atoms with Crippen LogP contribution in [0.2, 0.25) is 0 Å². The first-order valence-corrected chi connectivity index (χ1v) is 9.75. The summed E-state index contributed by atoms with van der Waals surface area (Å²) in [5.74, 6) is 2.56. The second-order valence-corrected chi connectivity index (χ2v) is 7.74. The number of rotatable bonds is 4. The fourth-order valence-corrected chi connectivity index (χ4v) is 4.66. The van der Waals surface area contributed by atoms with Gasteiger partial charge in [0.05, 0.1) is 27.4 Å². The highest BCUT2D eigenvalue weighted by atomic mass is 16.5. The number of fused-ring (bicyclic) bond motifs is 4. The maximum absolute atomic E-state index is 13.5. The molecule has 0 bridgehead atoms. The third kappa shape index (κ3) is 2.72. The van der Waals surface area contributed by atoms with Crippen molar-refractivity contribution in [3.63, 3.8) is 0 Å². The first kappa shape index (κ1) is 18.7. The van der Waals surface area contributed by atoms with Crippen LogP contribution in [0.5, 0.6) is 17.2 Å². The summed E-state index contributed by atoms with van der Waals surface area (Å²) in [4.78, 5) is 15.6. The normalized spacial score (nSPS) is 17.7. The molecular weight excluding hydrogens is 354 g/mol. The molecule has 2 aliphatic heterocycles. The molecule has 2 aromatic rings. The molecule has 0 aliphatic carbocycles. The topological polar surface area (TPSA) is 48.0 Å². The van der Waals surface area contributed by atoms with E-state index in [-0.39, 0.29) is 17.9 Å². The molecule has 1 unspecified atom stereocenters. The summed E-state index contributed by atoms with van der Waals surface area (Å²) < 4.78 is 16.5. The minimum atomic E-state index is 0.0250. The maximum atomic E-state index is 13.5. The molecule has 2 aliphatic rings. The standard InChI is InChI=1S/C23H27NO4/c1-13(2)21-18(26-3)7-6-15-10-17-16-12-20(28-5)19(27-4)11-14(16)8-9-24(17)23(25)22(15)21/h6-7,11-13,17H,8-10H2,1-5H3. The van der Waals surface area contributed by atoms with Crippen LogP contribution < -0.4 is 14.2 Å².